The third-order valence-corrected chi connectivity index (χ3v) is 6.50. The summed E-state index contributed by atoms with van der Waals surface area (Å²) in [5.41, 5.74) is 1.62. The number of rotatable bonds is 8. The second kappa shape index (κ2) is 9.95. The Balaban J connectivity index is 1.38. The number of aromatic nitrogens is 2. The highest BCUT2D eigenvalue weighted by Gasteiger charge is 2.20. The largest absolute Gasteiger partial charge is 0.482 e. The van der Waals surface area contributed by atoms with E-state index in [-0.39, 0.29) is 31.0 Å². The highest BCUT2D eigenvalue weighted by molar-refractivity contribution is 7.18. The minimum Gasteiger partial charge on any atom is -0.482 e. The molecule has 2 heterocycles. The number of nitrogens with one attached hydrogen (secondary N) is 1. The fourth-order valence-corrected chi connectivity index (χ4v) is 5.01. The number of ether oxygens (including phenoxy) is 2. The van der Waals surface area contributed by atoms with Gasteiger partial charge in [0.15, 0.2) is 6.61 Å². The van der Waals surface area contributed by atoms with Gasteiger partial charge in [-0.1, -0.05) is 6.07 Å². The van der Waals surface area contributed by atoms with Crippen LogP contribution in [-0.2, 0) is 33.7 Å². The molecule has 1 aromatic carbocycles. The lowest BCUT2D eigenvalue weighted by atomic mass is 9.97. The number of carbonyl (C=O) groups excluding carboxylic acids is 2. The number of aryl methyl sites for hydroxylation is 3. The molecule has 4 rings (SSSR count). The van der Waals surface area contributed by atoms with Gasteiger partial charge < -0.3 is 14.8 Å². The van der Waals surface area contributed by atoms with E-state index >= 15 is 0 Å². The second-order valence-corrected chi connectivity index (χ2v) is 8.64. The van der Waals surface area contributed by atoms with E-state index in [1.165, 1.54) is 15.8 Å². The van der Waals surface area contributed by atoms with Crippen LogP contribution in [0, 0.1) is 0 Å². The number of nitrogens with zero attached hydrogens (tertiary/aromatic N) is 2. The maximum absolute atomic E-state index is 13.0. The summed E-state index contributed by atoms with van der Waals surface area (Å²) in [4.78, 5) is 43.4. The van der Waals surface area contributed by atoms with Crippen LogP contribution in [0.3, 0.4) is 0 Å². The molecule has 0 unspecified atom stereocenters. The highest BCUT2D eigenvalue weighted by Crippen LogP contribution is 2.33. The van der Waals surface area contributed by atoms with Gasteiger partial charge in [0, 0.05) is 29.6 Å². The molecule has 8 nitrogen and oxygen atoms in total. The normalized spacial score (nSPS) is 12.9. The number of thiophene rings is 1. The molecule has 0 saturated heterocycles. The third-order valence-electron chi connectivity index (χ3n) is 5.30. The van der Waals surface area contributed by atoms with Crippen molar-refractivity contribution in [1.82, 2.24) is 9.55 Å². The summed E-state index contributed by atoms with van der Waals surface area (Å²) >= 11 is 1.61. The first-order valence-electron chi connectivity index (χ1n) is 10.7. The van der Waals surface area contributed by atoms with Gasteiger partial charge in [0.2, 0.25) is 5.91 Å². The van der Waals surface area contributed by atoms with Crippen molar-refractivity contribution in [3.63, 3.8) is 0 Å². The number of anilines is 1. The van der Waals surface area contributed by atoms with Gasteiger partial charge in [-0.3, -0.25) is 14.2 Å². The van der Waals surface area contributed by atoms with Crippen LogP contribution >= 0.6 is 11.3 Å². The van der Waals surface area contributed by atoms with Gasteiger partial charge in [0.1, 0.15) is 10.6 Å². The Bertz CT molecular complexity index is 1200. The third kappa shape index (κ3) is 4.99. The average Bonchev–Trinajstić information content (AvgIpc) is 3.17. The minimum atomic E-state index is -0.454. The Kier molecular flexibility index (Phi) is 6.84. The number of esters is 1. The molecule has 0 atom stereocenters. The zero-order valence-electron chi connectivity index (χ0n) is 17.9. The molecule has 0 saturated carbocycles. The molecule has 32 heavy (non-hydrogen) atoms. The first-order chi connectivity index (χ1) is 15.5. The molecule has 0 aliphatic heterocycles. The van der Waals surface area contributed by atoms with Crippen molar-refractivity contribution < 1.29 is 19.1 Å². The van der Waals surface area contributed by atoms with Crippen molar-refractivity contribution in [2.24, 2.45) is 0 Å². The topological polar surface area (TPSA) is 99.5 Å². The Morgan fingerprint density at radius 2 is 2.09 bits per heavy atom. The van der Waals surface area contributed by atoms with Crippen molar-refractivity contribution in [2.75, 3.05) is 18.5 Å². The van der Waals surface area contributed by atoms with E-state index < -0.39 is 5.97 Å². The second-order valence-electron chi connectivity index (χ2n) is 7.55. The Hall–Kier alpha value is -3.20. The van der Waals surface area contributed by atoms with Crippen LogP contribution in [-0.4, -0.2) is 34.6 Å². The van der Waals surface area contributed by atoms with Gasteiger partial charge in [-0.05, 0) is 50.3 Å². The summed E-state index contributed by atoms with van der Waals surface area (Å²) in [6.07, 6.45) is 5.85. The van der Waals surface area contributed by atoms with Crippen molar-refractivity contribution in [3.8, 4) is 5.75 Å². The predicted molar refractivity (Wildman–Crippen MR) is 122 cm³/mol. The zero-order chi connectivity index (χ0) is 22.5. The van der Waals surface area contributed by atoms with E-state index in [1.807, 2.05) is 0 Å². The lowest BCUT2D eigenvalue weighted by molar-refractivity contribution is -0.145. The number of fused-ring (bicyclic) bond motifs is 3. The molecule has 1 N–H and O–H groups in total. The van der Waals surface area contributed by atoms with E-state index in [4.69, 9.17) is 9.47 Å². The average molecular weight is 456 g/mol. The lowest BCUT2D eigenvalue weighted by Gasteiger charge is -2.11. The molecule has 168 valence electrons. The lowest BCUT2D eigenvalue weighted by Crippen LogP contribution is -2.24. The van der Waals surface area contributed by atoms with E-state index in [0.717, 1.165) is 41.5 Å². The molecule has 1 aliphatic rings. The molecular weight excluding hydrogens is 430 g/mol. The molecule has 0 radical (unpaired) electrons. The molecule has 0 fully saturated rings. The molecule has 1 amide bonds. The number of amides is 1. The van der Waals surface area contributed by atoms with E-state index in [1.54, 1.807) is 42.5 Å². The zero-order valence-corrected chi connectivity index (χ0v) is 18.7. The molecule has 3 aromatic rings. The molecule has 1 aliphatic carbocycles. The molecule has 2 aromatic heterocycles. The Morgan fingerprint density at radius 3 is 2.94 bits per heavy atom. The van der Waals surface area contributed by atoms with Crippen LogP contribution in [0.25, 0.3) is 10.2 Å². The summed E-state index contributed by atoms with van der Waals surface area (Å²) in [6, 6.07) is 6.77. The van der Waals surface area contributed by atoms with Gasteiger partial charge in [-0.2, -0.15) is 0 Å². The Morgan fingerprint density at radius 1 is 1.25 bits per heavy atom. The standard InChI is InChI=1S/C23H25N3O5S/c1-2-30-20(28)13-31-16-7-5-6-15(12-16)25-19(27)10-11-26-14-24-22-21(23(26)29)17-8-3-4-9-18(17)32-22/h5-7,12,14H,2-4,8-11,13H2,1H3,(H,25,27). The van der Waals surface area contributed by atoms with Gasteiger partial charge in [0.25, 0.3) is 5.56 Å². The summed E-state index contributed by atoms with van der Waals surface area (Å²) in [6.45, 7) is 2.07. The summed E-state index contributed by atoms with van der Waals surface area (Å²) in [7, 11) is 0. The van der Waals surface area contributed by atoms with E-state index in [9.17, 15) is 14.4 Å². The fraction of sp³-hybridized carbons (Fsp3) is 0.391. The van der Waals surface area contributed by atoms with Crippen LogP contribution in [0.5, 0.6) is 5.75 Å². The van der Waals surface area contributed by atoms with Gasteiger partial charge in [-0.25, -0.2) is 9.78 Å². The maximum atomic E-state index is 13.0. The van der Waals surface area contributed by atoms with Crippen LogP contribution in [0.2, 0.25) is 0 Å². The maximum Gasteiger partial charge on any atom is 0.344 e. The van der Waals surface area contributed by atoms with Crippen LogP contribution < -0.4 is 15.6 Å². The number of hydrogen-bond donors (Lipinski definition) is 1. The monoisotopic (exact) mass is 455 g/mol. The highest BCUT2D eigenvalue weighted by atomic mass is 32.1. The SMILES string of the molecule is CCOC(=O)COc1cccc(NC(=O)CCn2cnc3sc4c(c3c2=O)CCCC4)c1. The molecule has 0 bridgehead atoms. The summed E-state index contributed by atoms with van der Waals surface area (Å²) < 4.78 is 11.7. The van der Waals surface area contributed by atoms with E-state index in [2.05, 4.69) is 10.3 Å². The van der Waals surface area contributed by atoms with Crippen LogP contribution in [0.1, 0.15) is 36.6 Å². The minimum absolute atomic E-state index is 0.0726. The van der Waals surface area contributed by atoms with Crippen molar-refractivity contribution in [3.05, 3.63) is 51.4 Å². The van der Waals surface area contributed by atoms with Gasteiger partial charge >= 0.3 is 5.97 Å². The van der Waals surface area contributed by atoms with Crippen LogP contribution in [0.4, 0.5) is 5.69 Å². The first-order valence-corrected chi connectivity index (χ1v) is 11.5. The molecule has 0 spiro atoms. The smallest absolute Gasteiger partial charge is 0.344 e. The van der Waals surface area contributed by atoms with Crippen LogP contribution in [0.15, 0.2) is 35.4 Å². The van der Waals surface area contributed by atoms with E-state index in [0.29, 0.717) is 18.0 Å². The Labute approximate surface area is 189 Å². The predicted octanol–water partition coefficient (Wildman–Crippen LogP) is 3.31. The molecular formula is C23H25N3O5S. The quantitative estimate of drug-likeness (QED) is 0.523. The summed E-state index contributed by atoms with van der Waals surface area (Å²) in [5, 5.41) is 3.52. The summed E-state index contributed by atoms with van der Waals surface area (Å²) in [5.74, 6) is -0.235. The fourth-order valence-electron chi connectivity index (χ4n) is 3.79. The van der Waals surface area contributed by atoms with Gasteiger partial charge in [0.05, 0.1) is 18.3 Å². The number of carbonyl (C=O) groups is 2. The molecule has 9 heteroatoms. The first kappa shape index (κ1) is 22.0. The number of hydrogen-bond acceptors (Lipinski definition) is 7. The van der Waals surface area contributed by atoms with Crippen molar-refractivity contribution in [1.29, 1.82) is 0 Å². The van der Waals surface area contributed by atoms with Gasteiger partial charge in [-0.15, -0.1) is 11.3 Å². The van der Waals surface area contributed by atoms with Crippen molar-refractivity contribution >= 4 is 39.1 Å². The van der Waals surface area contributed by atoms with Crippen molar-refractivity contribution in [2.45, 2.75) is 45.6 Å². The number of benzene rings is 1.